The highest BCUT2D eigenvalue weighted by atomic mass is 16.1. The largest absolute Gasteiger partial charge is 0.352 e. The van der Waals surface area contributed by atoms with Crippen molar-refractivity contribution in [2.24, 2.45) is 5.73 Å². The van der Waals surface area contributed by atoms with Crippen LogP contribution >= 0.6 is 0 Å². The SMILES string of the molecule is NCC#Cc1ccc(CNC(=O)Cc2ccccc2)cc1. The zero-order chi connectivity index (χ0) is 14.9. The number of nitrogens with two attached hydrogens (primary N) is 1. The fourth-order valence-corrected chi connectivity index (χ4v) is 1.90. The van der Waals surface area contributed by atoms with Gasteiger partial charge in [0.15, 0.2) is 0 Å². The number of rotatable bonds is 4. The van der Waals surface area contributed by atoms with Crippen molar-refractivity contribution >= 4 is 5.91 Å². The molecule has 0 saturated carbocycles. The average molecular weight is 278 g/mol. The molecule has 0 atom stereocenters. The molecule has 2 rings (SSSR count). The summed E-state index contributed by atoms with van der Waals surface area (Å²) in [5, 5.41) is 2.92. The Balaban J connectivity index is 1.84. The van der Waals surface area contributed by atoms with Gasteiger partial charge in [-0.3, -0.25) is 4.79 Å². The van der Waals surface area contributed by atoms with Gasteiger partial charge in [-0.1, -0.05) is 54.3 Å². The molecule has 3 N–H and O–H groups in total. The number of carbonyl (C=O) groups is 1. The third kappa shape index (κ3) is 5.13. The molecule has 2 aromatic rings. The van der Waals surface area contributed by atoms with Gasteiger partial charge in [-0.15, -0.1) is 0 Å². The molecule has 0 aromatic heterocycles. The fraction of sp³-hybridized carbons (Fsp3) is 0.167. The summed E-state index contributed by atoms with van der Waals surface area (Å²) in [7, 11) is 0. The summed E-state index contributed by atoms with van der Waals surface area (Å²) in [4.78, 5) is 11.8. The van der Waals surface area contributed by atoms with Crippen LogP contribution in [0.25, 0.3) is 0 Å². The van der Waals surface area contributed by atoms with E-state index in [2.05, 4.69) is 17.2 Å². The Morgan fingerprint density at radius 2 is 1.71 bits per heavy atom. The first-order chi connectivity index (χ1) is 10.3. The van der Waals surface area contributed by atoms with Crippen molar-refractivity contribution in [2.75, 3.05) is 6.54 Å². The highest BCUT2D eigenvalue weighted by Crippen LogP contribution is 2.04. The molecular formula is C18H18N2O. The predicted molar refractivity (Wildman–Crippen MR) is 84.4 cm³/mol. The zero-order valence-corrected chi connectivity index (χ0v) is 11.8. The van der Waals surface area contributed by atoms with Crippen LogP contribution in [0.15, 0.2) is 54.6 Å². The Morgan fingerprint density at radius 3 is 2.38 bits per heavy atom. The lowest BCUT2D eigenvalue weighted by Gasteiger charge is -2.05. The van der Waals surface area contributed by atoms with Crippen LogP contribution in [0.2, 0.25) is 0 Å². The maximum atomic E-state index is 11.8. The summed E-state index contributed by atoms with van der Waals surface area (Å²) >= 11 is 0. The normalized spacial score (nSPS) is 9.57. The number of amides is 1. The first kappa shape index (κ1) is 14.8. The van der Waals surface area contributed by atoms with Gasteiger partial charge >= 0.3 is 0 Å². The van der Waals surface area contributed by atoms with E-state index in [1.165, 1.54) is 0 Å². The topological polar surface area (TPSA) is 55.1 Å². The van der Waals surface area contributed by atoms with Crippen molar-refractivity contribution in [2.45, 2.75) is 13.0 Å². The Labute approximate surface area is 125 Å². The van der Waals surface area contributed by atoms with E-state index >= 15 is 0 Å². The smallest absolute Gasteiger partial charge is 0.224 e. The molecule has 3 nitrogen and oxygen atoms in total. The molecule has 0 fully saturated rings. The maximum Gasteiger partial charge on any atom is 0.224 e. The molecule has 0 radical (unpaired) electrons. The van der Waals surface area contributed by atoms with Crippen molar-refractivity contribution in [3.63, 3.8) is 0 Å². The highest BCUT2D eigenvalue weighted by Gasteiger charge is 2.02. The third-order valence-electron chi connectivity index (χ3n) is 2.99. The Hall–Kier alpha value is -2.57. The van der Waals surface area contributed by atoms with Gasteiger partial charge in [0.05, 0.1) is 13.0 Å². The van der Waals surface area contributed by atoms with Crippen LogP contribution in [0.1, 0.15) is 16.7 Å². The van der Waals surface area contributed by atoms with Gasteiger partial charge < -0.3 is 11.1 Å². The predicted octanol–water partition coefficient (Wildman–Crippen LogP) is 1.86. The first-order valence-electron chi connectivity index (χ1n) is 6.86. The lowest BCUT2D eigenvalue weighted by atomic mass is 10.1. The molecule has 0 spiro atoms. The van der Waals surface area contributed by atoms with Gasteiger partial charge in [-0.05, 0) is 23.3 Å². The molecule has 0 aliphatic carbocycles. The molecule has 0 unspecified atom stereocenters. The van der Waals surface area contributed by atoms with Gasteiger partial charge in [-0.2, -0.15) is 0 Å². The quantitative estimate of drug-likeness (QED) is 0.839. The van der Waals surface area contributed by atoms with Crippen LogP contribution in [0.4, 0.5) is 0 Å². The van der Waals surface area contributed by atoms with Gasteiger partial charge in [0.25, 0.3) is 0 Å². The molecule has 0 bridgehead atoms. The van der Waals surface area contributed by atoms with E-state index in [0.717, 1.165) is 16.7 Å². The average Bonchev–Trinajstić information content (AvgIpc) is 2.53. The maximum absolute atomic E-state index is 11.8. The molecule has 0 aliphatic rings. The highest BCUT2D eigenvalue weighted by molar-refractivity contribution is 5.78. The summed E-state index contributed by atoms with van der Waals surface area (Å²) in [6.45, 7) is 0.882. The summed E-state index contributed by atoms with van der Waals surface area (Å²) in [5.74, 6) is 5.80. The van der Waals surface area contributed by atoms with Crippen LogP contribution in [0.3, 0.4) is 0 Å². The monoisotopic (exact) mass is 278 g/mol. The Morgan fingerprint density at radius 1 is 1.00 bits per heavy atom. The van der Waals surface area contributed by atoms with Crippen LogP contribution in [-0.2, 0) is 17.8 Å². The first-order valence-corrected chi connectivity index (χ1v) is 6.86. The molecule has 0 saturated heterocycles. The Bertz CT molecular complexity index is 636. The van der Waals surface area contributed by atoms with Crippen LogP contribution in [0, 0.1) is 11.8 Å². The van der Waals surface area contributed by atoms with Gasteiger partial charge in [0, 0.05) is 12.1 Å². The summed E-state index contributed by atoms with van der Waals surface area (Å²) < 4.78 is 0. The van der Waals surface area contributed by atoms with E-state index in [0.29, 0.717) is 19.5 Å². The van der Waals surface area contributed by atoms with Gasteiger partial charge in [-0.25, -0.2) is 0 Å². The molecule has 2 aromatic carbocycles. The van der Waals surface area contributed by atoms with Gasteiger partial charge in [0.2, 0.25) is 5.91 Å². The van der Waals surface area contributed by atoms with E-state index in [1.54, 1.807) is 0 Å². The summed E-state index contributed by atoms with van der Waals surface area (Å²) in [6.07, 6.45) is 0.404. The molecule has 0 heterocycles. The number of carbonyl (C=O) groups excluding carboxylic acids is 1. The van der Waals surface area contributed by atoms with Crippen molar-refractivity contribution in [3.8, 4) is 11.8 Å². The molecular weight excluding hydrogens is 260 g/mol. The minimum absolute atomic E-state index is 0.0215. The molecule has 1 amide bonds. The van der Waals surface area contributed by atoms with Crippen LogP contribution in [-0.4, -0.2) is 12.5 Å². The number of benzene rings is 2. The second-order valence-electron chi connectivity index (χ2n) is 4.64. The van der Waals surface area contributed by atoms with Crippen molar-refractivity contribution in [1.29, 1.82) is 0 Å². The summed E-state index contributed by atoms with van der Waals surface area (Å²) in [6, 6.07) is 17.5. The minimum Gasteiger partial charge on any atom is -0.352 e. The number of hydrogen-bond acceptors (Lipinski definition) is 2. The molecule has 21 heavy (non-hydrogen) atoms. The second-order valence-corrected chi connectivity index (χ2v) is 4.64. The zero-order valence-electron chi connectivity index (χ0n) is 11.8. The van der Waals surface area contributed by atoms with E-state index in [-0.39, 0.29) is 5.91 Å². The lowest BCUT2D eigenvalue weighted by Crippen LogP contribution is -2.24. The van der Waals surface area contributed by atoms with Crippen LogP contribution < -0.4 is 11.1 Å². The standard InChI is InChI=1S/C18H18N2O/c19-12-4-7-15-8-10-17(11-9-15)14-20-18(21)13-16-5-2-1-3-6-16/h1-3,5-6,8-11H,12-14,19H2,(H,20,21). The van der Waals surface area contributed by atoms with E-state index in [4.69, 9.17) is 5.73 Å². The minimum atomic E-state index is 0.0215. The molecule has 3 heteroatoms. The van der Waals surface area contributed by atoms with E-state index < -0.39 is 0 Å². The van der Waals surface area contributed by atoms with E-state index in [9.17, 15) is 4.79 Å². The summed E-state index contributed by atoms with van der Waals surface area (Å²) in [5.41, 5.74) is 8.33. The molecule has 106 valence electrons. The molecule has 0 aliphatic heterocycles. The second kappa shape index (κ2) is 7.88. The van der Waals surface area contributed by atoms with Crippen LogP contribution in [0.5, 0.6) is 0 Å². The Kier molecular flexibility index (Phi) is 5.57. The fourth-order valence-electron chi connectivity index (χ4n) is 1.90. The lowest BCUT2D eigenvalue weighted by molar-refractivity contribution is -0.120. The number of hydrogen-bond donors (Lipinski definition) is 2. The number of nitrogens with one attached hydrogen (secondary N) is 1. The van der Waals surface area contributed by atoms with Crippen molar-refractivity contribution in [1.82, 2.24) is 5.32 Å². The third-order valence-corrected chi connectivity index (χ3v) is 2.99. The van der Waals surface area contributed by atoms with E-state index in [1.807, 2.05) is 54.6 Å². The van der Waals surface area contributed by atoms with Gasteiger partial charge in [0.1, 0.15) is 0 Å². The van der Waals surface area contributed by atoms with Crippen molar-refractivity contribution < 1.29 is 4.79 Å². The van der Waals surface area contributed by atoms with Crippen molar-refractivity contribution in [3.05, 3.63) is 71.3 Å².